The second kappa shape index (κ2) is 7.05. The van der Waals surface area contributed by atoms with Crippen molar-refractivity contribution in [3.63, 3.8) is 0 Å². The normalized spacial score (nSPS) is 44.2. The van der Waals surface area contributed by atoms with Gasteiger partial charge in [0.05, 0.1) is 17.3 Å². The summed E-state index contributed by atoms with van der Waals surface area (Å²) in [7, 11) is 0. The molecule has 4 aliphatic carbocycles. The van der Waals surface area contributed by atoms with Gasteiger partial charge in [0.2, 0.25) is 0 Å². The van der Waals surface area contributed by atoms with Crippen molar-refractivity contribution in [2.75, 3.05) is 0 Å². The van der Waals surface area contributed by atoms with Crippen LogP contribution in [0.3, 0.4) is 0 Å². The van der Waals surface area contributed by atoms with Crippen LogP contribution in [-0.4, -0.2) is 16.2 Å². The molecule has 2 saturated carbocycles. The van der Waals surface area contributed by atoms with Gasteiger partial charge in [-0.3, -0.25) is 0 Å². The smallest absolute Gasteiger partial charge is 0.0798 e. The van der Waals surface area contributed by atoms with Crippen molar-refractivity contribution in [1.82, 2.24) is 4.98 Å². The van der Waals surface area contributed by atoms with Gasteiger partial charge in [-0.1, -0.05) is 44.9 Å². The lowest BCUT2D eigenvalue weighted by molar-refractivity contribution is -0.0468. The molecule has 1 N–H and O–H groups in total. The first kappa shape index (κ1) is 20.0. The lowest BCUT2D eigenvalue weighted by atomic mass is 9.45. The number of nitrogens with zero attached hydrogens (tertiary/aromatic N) is 1. The Morgan fingerprint density at radius 3 is 2.59 bits per heavy atom. The highest BCUT2D eigenvalue weighted by atomic mass is 32.1. The molecule has 2 unspecified atom stereocenters. The van der Waals surface area contributed by atoms with E-state index in [0.717, 1.165) is 37.0 Å². The van der Waals surface area contributed by atoms with E-state index in [-0.39, 0.29) is 11.5 Å². The second-order valence-corrected chi connectivity index (χ2v) is 11.5. The Labute approximate surface area is 180 Å². The average molecular weight is 412 g/mol. The number of hydrogen-bond acceptors (Lipinski definition) is 3. The van der Waals surface area contributed by atoms with E-state index in [1.165, 1.54) is 37.8 Å². The summed E-state index contributed by atoms with van der Waals surface area (Å²) in [6.45, 7) is 9.85. The van der Waals surface area contributed by atoms with Gasteiger partial charge in [0.25, 0.3) is 0 Å². The minimum Gasteiger partial charge on any atom is -0.393 e. The summed E-state index contributed by atoms with van der Waals surface area (Å²) in [6, 6.07) is 0. The third-order valence-electron chi connectivity index (χ3n) is 9.61. The van der Waals surface area contributed by atoms with Crippen LogP contribution in [0.4, 0.5) is 0 Å². The molecular formula is C26H37NOS. The molecular weight excluding hydrogens is 374 g/mol. The first-order chi connectivity index (χ1) is 13.9. The molecule has 0 spiro atoms. The Morgan fingerprint density at radius 1 is 1.10 bits per heavy atom. The summed E-state index contributed by atoms with van der Waals surface area (Å²) in [5, 5.41) is 12.6. The zero-order valence-electron chi connectivity index (χ0n) is 18.6. The van der Waals surface area contributed by atoms with Crippen LogP contribution in [0, 0.1) is 34.5 Å². The highest BCUT2D eigenvalue weighted by Gasteiger charge is 2.59. The molecule has 2 fully saturated rings. The van der Waals surface area contributed by atoms with Gasteiger partial charge in [-0.05, 0) is 91.4 Å². The summed E-state index contributed by atoms with van der Waals surface area (Å²) in [4.78, 5) is 4.78. The topological polar surface area (TPSA) is 33.1 Å². The fourth-order valence-electron chi connectivity index (χ4n) is 8.11. The van der Waals surface area contributed by atoms with E-state index in [2.05, 4.69) is 39.2 Å². The predicted octanol–water partition coefficient (Wildman–Crippen LogP) is 6.88. The molecule has 29 heavy (non-hydrogen) atoms. The number of hydrogen-bond donors (Lipinski definition) is 1. The highest BCUT2D eigenvalue weighted by Crippen LogP contribution is 2.68. The minimum absolute atomic E-state index is 0.117. The lowest BCUT2D eigenvalue weighted by Gasteiger charge is -2.59. The van der Waals surface area contributed by atoms with Crippen LogP contribution in [0.1, 0.15) is 84.8 Å². The van der Waals surface area contributed by atoms with Gasteiger partial charge in [-0.25, -0.2) is 4.98 Å². The molecule has 0 aromatic carbocycles. The number of aliphatic hydroxyl groups excluding tert-OH is 1. The van der Waals surface area contributed by atoms with E-state index in [1.807, 2.05) is 5.51 Å². The van der Waals surface area contributed by atoms with Gasteiger partial charge in [0.1, 0.15) is 0 Å². The Kier molecular flexibility index (Phi) is 4.86. The number of aromatic nitrogens is 1. The third kappa shape index (κ3) is 2.79. The minimum atomic E-state index is -0.117. The number of aliphatic hydroxyl groups is 1. The van der Waals surface area contributed by atoms with E-state index in [0.29, 0.717) is 11.3 Å². The van der Waals surface area contributed by atoms with Gasteiger partial charge in [-0.2, -0.15) is 0 Å². The molecule has 7 atom stereocenters. The van der Waals surface area contributed by atoms with Crippen molar-refractivity contribution in [2.45, 2.75) is 85.2 Å². The molecule has 158 valence electrons. The van der Waals surface area contributed by atoms with Crippen molar-refractivity contribution in [1.29, 1.82) is 0 Å². The number of fused-ring (bicyclic) bond motifs is 5. The van der Waals surface area contributed by atoms with Gasteiger partial charge in [0.15, 0.2) is 0 Å². The van der Waals surface area contributed by atoms with Gasteiger partial charge in [0, 0.05) is 5.38 Å². The van der Waals surface area contributed by atoms with Crippen LogP contribution >= 0.6 is 11.3 Å². The van der Waals surface area contributed by atoms with Gasteiger partial charge in [-0.15, -0.1) is 11.3 Å². The van der Waals surface area contributed by atoms with Crippen molar-refractivity contribution in [3.05, 3.63) is 33.8 Å². The van der Waals surface area contributed by atoms with E-state index >= 15 is 0 Å². The monoisotopic (exact) mass is 411 g/mol. The zero-order chi connectivity index (χ0) is 20.4. The van der Waals surface area contributed by atoms with Gasteiger partial charge < -0.3 is 5.11 Å². The number of allylic oxidation sites excluding steroid dienone is 3. The number of rotatable bonds is 3. The molecule has 0 amide bonds. The molecule has 1 aromatic heterocycles. The molecule has 0 bridgehead atoms. The second-order valence-electron chi connectivity index (χ2n) is 10.7. The molecule has 5 rings (SSSR count). The first-order valence-corrected chi connectivity index (χ1v) is 12.9. The van der Waals surface area contributed by atoms with E-state index < -0.39 is 0 Å². The van der Waals surface area contributed by atoms with Crippen LogP contribution in [0.2, 0.25) is 0 Å². The molecule has 0 radical (unpaired) electrons. The van der Waals surface area contributed by atoms with E-state index in [9.17, 15) is 5.11 Å². The molecule has 0 saturated heterocycles. The molecule has 4 aliphatic rings. The van der Waals surface area contributed by atoms with Gasteiger partial charge >= 0.3 is 0 Å². The molecule has 2 nitrogen and oxygen atoms in total. The quantitative estimate of drug-likeness (QED) is 0.550. The van der Waals surface area contributed by atoms with Crippen LogP contribution in [0.25, 0.3) is 5.57 Å². The summed E-state index contributed by atoms with van der Waals surface area (Å²) in [6.07, 6.45) is 11.9. The Bertz CT molecular complexity index is 839. The average Bonchev–Trinajstić information content (AvgIpc) is 3.32. The largest absolute Gasteiger partial charge is 0.393 e. The maximum Gasteiger partial charge on any atom is 0.0798 e. The Morgan fingerprint density at radius 2 is 1.90 bits per heavy atom. The van der Waals surface area contributed by atoms with Crippen molar-refractivity contribution in [3.8, 4) is 0 Å². The zero-order valence-corrected chi connectivity index (χ0v) is 19.4. The van der Waals surface area contributed by atoms with Crippen LogP contribution in [-0.2, 0) is 0 Å². The fraction of sp³-hybridized carbons (Fsp3) is 0.731. The van der Waals surface area contributed by atoms with Crippen molar-refractivity contribution in [2.24, 2.45) is 34.5 Å². The first-order valence-electron chi connectivity index (χ1n) is 11.9. The standard InChI is InChI=1S/C26H37NOS/c1-5-16-11-18-13-19(28)7-9-25(18,3)20-8-10-26(4)21(23(16)20)12-17(6-2)24(26)22-14-29-15-27-22/h11,14-16,19-21,23,28H,5-10,12-13H2,1-4H3/t16?,19?,20-,21+,23-,25+,26+/m1/s1. The SMILES string of the molecule is CCC1=C(c2cscn2)[C@@]2(C)CC[C@@H]3[C@@H](C(CC)C=C4CC(O)CC[C@@]43C)[C@@H]2C1. The maximum absolute atomic E-state index is 10.4. The van der Waals surface area contributed by atoms with Crippen molar-refractivity contribution >= 4 is 16.9 Å². The molecule has 1 aromatic rings. The summed E-state index contributed by atoms with van der Waals surface area (Å²) in [5.74, 6) is 2.98. The van der Waals surface area contributed by atoms with E-state index in [1.54, 1.807) is 28.1 Å². The predicted molar refractivity (Wildman–Crippen MR) is 122 cm³/mol. The lowest BCUT2D eigenvalue weighted by Crippen LogP contribution is -2.52. The highest BCUT2D eigenvalue weighted by molar-refractivity contribution is 7.07. The molecule has 0 aliphatic heterocycles. The maximum atomic E-state index is 10.4. The van der Waals surface area contributed by atoms with Crippen LogP contribution in [0.5, 0.6) is 0 Å². The summed E-state index contributed by atoms with van der Waals surface area (Å²) >= 11 is 1.74. The Balaban J connectivity index is 1.58. The molecule has 1 heterocycles. The Hall–Kier alpha value is -0.930. The van der Waals surface area contributed by atoms with Crippen LogP contribution in [0.15, 0.2) is 28.1 Å². The van der Waals surface area contributed by atoms with Crippen molar-refractivity contribution < 1.29 is 5.11 Å². The third-order valence-corrected chi connectivity index (χ3v) is 10.2. The summed E-state index contributed by atoms with van der Waals surface area (Å²) in [5.41, 5.74) is 8.75. The fourth-order valence-corrected chi connectivity index (χ4v) is 8.65. The van der Waals surface area contributed by atoms with Crippen LogP contribution < -0.4 is 0 Å². The summed E-state index contributed by atoms with van der Waals surface area (Å²) < 4.78 is 0. The molecule has 3 heteroatoms. The number of thiazole rings is 1. The van der Waals surface area contributed by atoms with E-state index in [4.69, 9.17) is 4.98 Å².